The highest BCUT2D eigenvalue weighted by Gasteiger charge is 2.39. The summed E-state index contributed by atoms with van der Waals surface area (Å²) >= 11 is 0. The monoisotopic (exact) mass is 233 g/mol. The first kappa shape index (κ1) is 12.4. The highest BCUT2D eigenvalue weighted by molar-refractivity contribution is 5.33. The number of hydrogen-bond acceptors (Lipinski definition) is 2. The van der Waals surface area contributed by atoms with E-state index in [0.29, 0.717) is 12.0 Å². The zero-order chi connectivity index (χ0) is 12.3. The Balaban J connectivity index is 2.07. The van der Waals surface area contributed by atoms with Gasteiger partial charge in [0.05, 0.1) is 7.11 Å². The third-order valence-electron chi connectivity index (χ3n) is 4.00. The Morgan fingerprint density at radius 3 is 2.82 bits per heavy atom. The van der Waals surface area contributed by atoms with Gasteiger partial charge in [-0.1, -0.05) is 32.4 Å². The number of ether oxygens (including phenoxy) is 1. The highest BCUT2D eigenvalue weighted by atomic mass is 16.5. The van der Waals surface area contributed by atoms with Crippen LogP contribution in [0.2, 0.25) is 0 Å². The fourth-order valence-electron chi connectivity index (χ4n) is 3.03. The number of methoxy groups -OCH3 is 1. The van der Waals surface area contributed by atoms with Crippen LogP contribution in [0.4, 0.5) is 0 Å². The van der Waals surface area contributed by atoms with Crippen molar-refractivity contribution in [2.75, 3.05) is 13.7 Å². The van der Waals surface area contributed by atoms with Crippen LogP contribution in [0.25, 0.3) is 0 Å². The van der Waals surface area contributed by atoms with Crippen LogP contribution in [0.3, 0.4) is 0 Å². The first-order valence-corrected chi connectivity index (χ1v) is 6.67. The lowest BCUT2D eigenvalue weighted by atomic mass is 9.65. The van der Waals surface area contributed by atoms with Gasteiger partial charge in [-0.15, -0.1) is 0 Å². The molecule has 0 saturated heterocycles. The number of hydrogen-bond donors (Lipinski definition) is 1. The van der Waals surface area contributed by atoms with Gasteiger partial charge in [-0.05, 0) is 42.5 Å². The zero-order valence-corrected chi connectivity index (χ0v) is 11.1. The highest BCUT2D eigenvalue weighted by Crippen LogP contribution is 2.45. The fourth-order valence-corrected chi connectivity index (χ4v) is 3.03. The summed E-state index contributed by atoms with van der Waals surface area (Å²) in [6, 6.07) is 9.25. The first-order chi connectivity index (χ1) is 8.30. The Kier molecular flexibility index (Phi) is 4.06. The van der Waals surface area contributed by atoms with Gasteiger partial charge in [0, 0.05) is 6.04 Å². The minimum absolute atomic E-state index is 0.708. The van der Waals surface area contributed by atoms with Crippen molar-refractivity contribution >= 4 is 0 Å². The van der Waals surface area contributed by atoms with Crippen molar-refractivity contribution in [3.8, 4) is 5.75 Å². The van der Waals surface area contributed by atoms with Crippen LogP contribution in [0.5, 0.6) is 5.75 Å². The van der Waals surface area contributed by atoms with Crippen molar-refractivity contribution in [1.82, 2.24) is 5.32 Å². The predicted octanol–water partition coefficient (Wildman–Crippen LogP) is 3.19. The van der Waals surface area contributed by atoms with E-state index in [1.807, 2.05) is 6.07 Å². The topological polar surface area (TPSA) is 21.3 Å². The summed E-state index contributed by atoms with van der Waals surface area (Å²) in [5, 5.41) is 3.58. The molecule has 1 aliphatic rings. The van der Waals surface area contributed by atoms with Crippen LogP contribution in [0.1, 0.15) is 38.2 Å². The van der Waals surface area contributed by atoms with Crippen LogP contribution in [-0.2, 0) is 0 Å². The quantitative estimate of drug-likeness (QED) is 0.843. The maximum Gasteiger partial charge on any atom is 0.119 e. The van der Waals surface area contributed by atoms with Crippen molar-refractivity contribution in [2.45, 2.75) is 38.6 Å². The minimum Gasteiger partial charge on any atom is -0.497 e. The van der Waals surface area contributed by atoms with Crippen LogP contribution in [0, 0.1) is 5.92 Å². The molecule has 2 heteroatoms. The van der Waals surface area contributed by atoms with E-state index in [1.54, 1.807) is 7.11 Å². The van der Waals surface area contributed by atoms with E-state index in [1.165, 1.54) is 18.4 Å². The van der Waals surface area contributed by atoms with E-state index in [-0.39, 0.29) is 0 Å². The Bertz CT molecular complexity index is 364. The molecular weight excluding hydrogens is 210 g/mol. The summed E-state index contributed by atoms with van der Waals surface area (Å²) in [6.45, 7) is 5.55. The molecule has 0 aliphatic heterocycles. The molecule has 1 N–H and O–H groups in total. The standard InChI is InChI=1S/C15H23NO/c1-4-13-14(10-15(13)16-5-2)11-7-6-8-12(9-11)17-3/h6-9,13-16H,4-5,10H2,1-3H3. The third kappa shape index (κ3) is 2.47. The van der Waals surface area contributed by atoms with Crippen molar-refractivity contribution in [1.29, 1.82) is 0 Å². The molecule has 3 atom stereocenters. The van der Waals surface area contributed by atoms with Crippen LogP contribution in [0.15, 0.2) is 24.3 Å². The van der Waals surface area contributed by atoms with Crippen molar-refractivity contribution in [3.05, 3.63) is 29.8 Å². The molecular formula is C15H23NO. The van der Waals surface area contributed by atoms with Gasteiger partial charge in [0.25, 0.3) is 0 Å². The van der Waals surface area contributed by atoms with E-state index in [4.69, 9.17) is 4.74 Å². The minimum atomic E-state index is 0.708. The molecule has 0 aromatic heterocycles. The molecule has 1 aliphatic carbocycles. The fraction of sp³-hybridized carbons (Fsp3) is 0.600. The van der Waals surface area contributed by atoms with Gasteiger partial charge in [-0.3, -0.25) is 0 Å². The normalized spacial score (nSPS) is 27.6. The summed E-state index contributed by atoms with van der Waals surface area (Å²) in [6.07, 6.45) is 2.51. The van der Waals surface area contributed by atoms with Gasteiger partial charge in [0.15, 0.2) is 0 Å². The molecule has 0 radical (unpaired) electrons. The molecule has 2 nitrogen and oxygen atoms in total. The number of nitrogens with one attached hydrogen (secondary N) is 1. The summed E-state index contributed by atoms with van der Waals surface area (Å²) in [7, 11) is 1.73. The largest absolute Gasteiger partial charge is 0.497 e. The second-order valence-corrected chi connectivity index (χ2v) is 4.86. The van der Waals surface area contributed by atoms with Crippen molar-refractivity contribution in [2.24, 2.45) is 5.92 Å². The summed E-state index contributed by atoms with van der Waals surface area (Å²) in [5.74, 6) is 2.46. The smallest absolute Gasteiger partial charge is 0.119 e. The lowest BCUT2D eigenvalue weighted by molar-refractivity contribution is 0.162. The summed E-state index contributed by atoms with van der Waals surface area (Å²) < 4.78 is 5.30. The Hall–Kier alpha value is -1.02. The number of rotatable bonds is 5. The molecule has 0 heterocycles. The third-order valence-corrected chi connectivity index (χ3v) is 4.00. The van der Waals surface area contributed by atoms with Gasteiger partial charge >= 0.3 is 0 Å². The maximum atomic E-state index is 5.30. The zero-order valence-electron chi connectivity index (χ0n) is 11.1. The van der Waals surface area contributed by atoms with E-state index in [9.17, 15) is 0 Å². The van der Waals surface area contributed by atoms with Crippen molar-refractivity contribution in [3.63, 3.8) is 0 Å². The van der Waals surface area contributed by atoms with Gasteiger partial charge in [-0.2, -0.15) is 0 Å². The molecule has 1 aromatic rings. The second-order valence-electron chi connectivity index (χ2n) is 4.86. The summed E-state index contributed by atoms with van der Waals surface area (Å²) in [4.78, 5) is 0. The molecule has 0 amide bonds. The predicted molar refractivity (Wildman–Crippen MR) is 71.6 cm³/mol. The Morgan fingerprint density at radius 2 is 2.18 bits per heavy atom. The molecule has 1 aromatic carbocycles. The average Bonchev–Trinajstić information content (AvgIpc) is 2.34. The lowest BCUT2D eigenvalue weighted by Gasteiger charge is -2.45. The molecule has 1 fully saturated rings. The molecule has 1 saturated carbocycles. The Labute approximate surface area is 104 Å². The van der Waals surface area contributed by atoms with E-state index in [0.717, 1.165) is 18.2 Å². The first-order valence-electron chi connectivity index (χ1n) is 6.67. The Morgan fingerprint density at radius 1 is 1.35 bits per heavy atom. The average molecular weight is 233 g/mol. The second kappa shape index (κ2) is 5.54. The summed E-state index contributed by atoms with van der Waals surface area (Å²) in [5.41, 5.74) is 1.44. The maximum absolute atomic E-state index is 5.30. The van der Waals surface area contributed by atoms with E-state index >= 15 is 0 Å². The molecule has 17 heavy (non-hydrogen) atoms. The van der Waals surface area contributed by atoms with Crippen LogP contribution < -0.4 is 10.1 Å². The van der Waals surface area contributed by atoms with E-state index in [2.05, 4.69) is 37.4 Å². The van der Waals surface area contributed by atoms with Gasteiger partial charge in [-0.25, -0.2) is 0 Å². The van der Waals surface area contributed by atoms with Crippen molar-refractivity contribution < 1.29 is 4.74 Å². The lowest BCUT2D eigenvalue weighted by Crippen LogP contribution is -2.48. The number of benzene rings is 1. The molecule has 94 valence electrons. The van der Waals surface area contributed by atoms with Gasteiger partial charge in [0.2, 0.25) is 0 Å². The molecule has 0 bridgehead atoms. The van der Waals surface area contributed by atoms with Gasteiger partial charge in [0.1, 0.15) is 5.75 Å². The molecule has 0 spiro atoms. The van der Waals surface area contributed by atoms with E-state index < -0.39 is 0 Å². The molecule has 2 rings (SSSR count). The van der Waals surface area contributed by atoms with Crippen LogP contribution >= 0.6 is 0 Å². The van der Waals surface area contributed by atoms with Crippen LogP contribution in [-0.4, -0.2) is 19.7 Å². The SMILES string of the molecule is CCNC1CC(c2cccc(OC)c2)C1CC. The van der Waals surface area contributed by atoms with Gasteiger partial charge < -0.3 is 10.1 Å². The molecule has 3 unspecified atom stereocenters.